The topological polar surface area (TPSA) is 62.2 Å². The average molecular weight is 200 g/mol. The number of aromatic carboxylic acids is 1. The summed E-state index contributed by atoms with van der Waals surface area (Å²) in [5.41, 5.74) is 0.130. The third kappa shape index (κ3) is 3.12. The van der Waals surface area contributed by atoms with Crippen LogP contribution >= 0.6 is 11.3 Å². The van der Waals surface area contributed by atoms with E-state index in [1.165, 1.54) is 11.3 Å². The van der Waals surface area contributed by atoms with Crippen molar-refractivity contribution in [1.82, 2.24) is 10.3 Å². The monoisotopic (exact) mass is 200 g/mol. The molecule has 0 fully saturated rings. The molecule has 0 radical (unpaired) electrons. The summed E-state index contributed by atoms with van der Waals surface area (Å²) in [6.45, 7) is 4.70. The first kappa shape index (κ1) is 10.1. The molecule has 72 valence electrons. The molecular formula is C8H12N2O2S. The SMILES string of the molecule is CC(C)NCc1nc(C(=O)O)cs1. The molecule has 0 atom stereocenters. The smallest absolute Gasteiger partial charge is 0.355 e. The van der Waals surface area contributed by atoms with E-state index >= 15 is 0 Å². The molecule has 1 heterocycles. The Kier molecular flexibility index (Phi) is 3.39. The Bertz CT molecular complexity index is 296. The van der Waals surface area contributed by atoms with Gasteiger partial charge in [0.1, 0.15) is 5.01 Å². The molecule has 13 heavy (non-hydrogen) atoms. The maximum atomic E-state index is 10.5. The predicted molar refractivity (Wildman–Crippen MR) is 51.0 cm³/mol. The number of rotatable bonds is 4. The number of hydrogen-bond acceptors (Lipinski definition) is 4. The molecule has 4 nitrogen and oxygen atoms in total. The van der Waals surface area contributed by atoms with Gasteiger partial charge in [0, 0.05) is 18.0 Å². The molecule has 1 aromatic rings. The Morgan fingerprint density at radius 3 is 2.92 bits per heavy atom. The fourth-order valence-corrected chi connectivity index (χ4v) is 1.50. The molecule has 1 rings (SSSR count). The van der Waals surface area contributed by atoms with Gasteiger partial charge in [0.2, 0.25) is 0 Å². The number of nitrogens with zero attached hydrogens (tertiary/aromatic N) is 1. The number of nitrogens with one attached hydrogen (secondary N) is 1. The van der Waals surface area contributed by atoms with Gasteiger partial charge >= 0.3 is 5.97 Å². The molecule has 0 saturated carbocycles. The van der Waals surface area contributed by atoms with Crippen molar-refractivity contribution in [1.29, 1.82) is 0 Å². The lowest BCUT2D eigenvalue weighted by molar-refractivity contribution is 0.0691. The average Bonchev–Trinajstić information content (AvgIpc) is 2.48. The maximum Gasteiger partial charge on any atom is 0.355 e. The summed E-state index contributed by atoms with van der Waals surface area (Å²) in [5.74, 6) is -0.966. The first-order valence-electron chi connectivity index (χ1n) is 4.00. The van der Waals surface area contributed by atoms with Crippen molar-refractivity contribution in [2.75, 3.05) is 0 Å². The van der Waals surface area contributed by atoms with Crippen LogP contribution in [0.3, 0.4) is 0 Å². The Morgan fingerprint density at radius 1 is 1.77 bits per heavy atom. The van der Waals surface area contributed by atoms with Crippen molar-refractivity contribution in [3.8, 4) is 0 Å². The van der Waals surface area contributed by atoms with Crippen LogP contribution in [0.15, 0.2) is 5.38 Å². The molecular weight excluding hydrogens is 188 g/mol. The third-order valence-electron chi connectivity index (χ3n) is 1.43. The highest BCUT2D eigenvalue weighted by atomic mass is 32.1. The highest BCUT2D eigenvalue weighted by molar-refractivity contribution is 7.09. The van der Waals surface area contributed by atoms with E-state index in [2.05, 4.69) is 10.3 Å². The van der Waals surface area contributed by atoms with Crippen LogP contribution < -0.4 is 5.32 Å². The Labute approximate surface area is 80.6 Å². The minimum absolute atomic E-state index is 0.130. The van der Waals surface area contributed by atoms with Gasteiger partial charge in [-0.15, -0.1) is 11.3 Å². The highest BCUT2D eigenvalue weighted by Gasteiger charge is 2.07. The molecule has 0 bridgehead atoms. The van der Waals surface area contributed by atoms with Crippen molar-refractivity contribution in [3.63, 3.8) is 0 Å². The number of carbonyl (C=O) groups is 1. The van der Waals surface area contributed by atoms with E-state index in [1.54, 1.807) is 5.38 Å². The second kappa shape index (κ2) is 4.34. The van der Waals surface area contributed by atoms with Crippen LogP contribution in [0.1, 0.15) is 29.3 Å². The minimum atomic E-state index is -0.966. The number of carboxylic acid groups (broad SMARTS) is 1. The van der Waals surface area contributed by atoms with Gasteiger partial charge in [0.25, 0.3) is 0 Å². The zero-order valence-electron chi connectivity index (χ0n) is 7.57. The van der Waals surface area contributed by atoms with Crippen LogP contribution in [0, 0.1) is 0 Å². The molecule has 0 aromatic carbocycles. The first-order chi connectivity index (χ1) is 6.09. The summed E-state index contributed by atoms with van der Waals surface area (Å²) in [4.78, 5) is 14.4. The van der Waals surface area contributed by atoms with Crippen molar-refractivity contribution in [2.45, 2.75) is 26.4 Å². The molecule has 5 heteroatoms. The van der Waals surface area contributed by atoms with Gasteiger partial charge in [0.05, 0.1) is 0 Å². The van der Waals surface area contributed by atoms with Gasteiger partial charge in [0.15, 0.2) is 5.69 Å². The van der Waals surface area contributed by atoms with Gasteiger partial charge < -0.3 is 10.4 Å². The molecule has 0 unspecified atom stereocenters. The summed E-state index contributed by atoms with van der Waals surface area (Å²) in [6.07, 6.45) is 0. The highest BCUT2D eigenvalue weighted by Crippen LogP contribution is 2.09. The van der Waals surface area contributed by atoms with E-state index < -0.39 is 5.97 Å². The number of carboxylic acids is 1. The van der Waals surface area contributed by atoms with Crippen molar-refractivity contribution in [3.05, 3.63) is 16.1 Å². The lowest BCUT2D eigenvalue weighted by Gasteiger charge is -2.04. The summed E-state index contributed by atoms with van der Waals surface area (Å²) in [6, 6.07) is 0.386. The van der Waals surface area contributed by atoms with E-state index in [0.29, 0.717) is 12.6 Å². The summed E-state index contributed by atoms with van der Waals surface area (Å²) < 4.78 is 0. The van der Waals surface area contributed by atoms with E-state index in [0.717, 1.165) is 5.01 Å². The predicted octanol–water partition coefficient (Wildman–Crippen LogP) is 1.34. The van der Waals surface area contributed by atoms with Crippen LogP contribution in [0.4, 0.5) is 0 Å². The van der Waals surface area contributed by atoms with Crippen molar-refractivity contribution >= 4 is 17.3 Å². The maximum absolute atomic E-state index is 10.5. The van der Waals surface area contributed by atoms with Gasteiger partial charge in [-0.1, -0.05) is 13.8 Å². The second-order valence-electron chi connectivity index (χ2n) is 2.97. The molecule has 0 aliphatic heterocycles. The molecule has 0 aliphatic rings. The first-order valence-corrected chi connectivity index (χ1v) is 4.88. The van der Waals surface area contributed by atoms with Crippen LogP contribution in [0.25, 0.3) is 0 Å². The lowest BCUT2D eigenvalue weighted by Crippen LogP contribution is -2.21. The van der Waals surface area contributed by atoms with E-state index in [-0.39, 0.29) is 5.69 Å². The number of thiazole rings is 1. The van der Waals surface area contributed by atoms with Gasteiger partial charge in [-0.2, -0.15) is 0 Å². The van der Waals surface area contributed by atoms with Gasteiger partial charge in [-0.3, -0.25) is 0 Å². The second-order valence-corrected chi connectivity index (χ2v) is 3.91. The summed E-state index contributed by atoms with van der Waals surface area (Å²) in [5, 5.41) is 14.1. The van der Waals surface area contributed by atoms with E-state index in [9.17, 15) is 4.79 Å². The molecule has 0 spiro atoms. The fourth-order valence-electron chi connectivity index (χ4n) is 0.782. The molecule has 2 N–H and O–H groups in total. The largest absolute Gasteiger partial charge is 0.476 e. The normalized spacial score (nSPS) is 10.7. The van der Waals surface area contributed by atoms with E-state index in [4.69, 9.17) is 5.11 Å². The van der Waals surface area contributed by atoms with Crippen molar-refractivity contribution in [2.24, 2.45) is 0 Å². The van der Waals surface area contributed by atoms with Crippen LogP contribution in [0.2, 0.25) is 0 Å². The van der Waals surface area contributed by atoms with Crippen molar-refractivity contribution < 1.29 is 9.90 Å². The quantitative estimate of drug-likeness (QED) is 0.770. The molecule has 0 amide bonds. The molecule has 1 aromatic heterocycles. The molecule has 0 saturated heterocycles. The zero-order chi connectivity index (χ0) is 9.84. The molecule has 0 aliphatic carbocycles. The Morgan fingerprint density at radius 2 is 2.46 bits per heavy atom. The van der Waals surface area contributed by atoms with Crippen LogP contribution in [-0.4, -0.2) is 22.1 Å². The van der Waals surface area contributed by atoms with Crippen LogP contribution in [-0.2, 0) is 6.54 Å². The number of aromatic nitrogens is 1. The number of hydrogen-bond donors (Lipinski definition) is 2. The van der Waals surface area contributed by atoms with Gasteiger partial charge in [-0.25, -0.2) is 9.78 Å². The fraction of sp³-hybridized carbons (Fsp3) is 0.500. The summed E-state index contributed by atoms with van der Waals surface area (Å²) >= 11 is 1.37. The Balaban J connectivity index is 2.54. The lowest BCUT2D eigenvalue weighted by atomic mass is 10.4. The minimum Gasteiger partial charge on any atom is -0.476 e. The van der Waals surface area contributed by atoms with Crippen LogP contribution in [0.5, 0.6) is 0 Å². The Hall–Kier alpha value is -0.940. The third-order valence-corrected chi connectivity index (χ3v) is 2.28. The van der Waals surface area contributed by atoms with E-state index in [1.807, 2.05) is 13.8 Å². The zero-order valence-corrected chi connectivity index (χ0v) is 8.39. The standard InChI is InChI=1S/C8H12N2O2S/c1-5(2)9-3-7-10-6(4-13-7)8(11)12/h4-5,9H,3H2,1-2H3,(H,11,12). The summed E-state index contributed by atoms with van der Waals surface area (Å²) in [7, 11) is 0. The van der Waals surface area contributed by atoms with Gasteiger partial charge in [-0.05, 0) is 0 Å².